The quantitative estimate of drug-likeness (QED) is 0.460. The summed E-state index contributed by atoms with van der Waals surface area (Å²) in [5, 5.41) is 1.99. The highest BCUT2D eigenvalue weighted by atomic mass is 32.2. The Morgan fingerprint density at radius 1 is 0.824 bits per heavy atom. The highest BCUT2D eigenvalue weighted by Crippen LogP contribution is 2.49. The van der Waals surface area contributed by atoms with Crippen molar-refractivity contribution in [3.8, 4) is 11.5 Å². The van der Waals surface area contributed by atoms with Crippen molar-refractivity contribution in [3.05, 3.63) is 96.1 Å². The molecule has 0 aromatic heterocycles. The van der Waals surface area contributed by atoms with Gasteiger partial charge in [-0.3, -0.25) is 9.69 Å². The van der Waals surface area contributed by atoms with E-state index in [1.54, 1.807) is 16.8 Å². The van der Waals surface area contributed by atoms with Crippen LogP contribution in [0.3, 0.4) is 0 Å². The van der Waals surface area contributed by atoms with Crippen LogP contribution in [0.2, 0.25) is 0 Å². The Hall–Kier alpha value is -3.84. The Bertz CT molecular complexity index is 1150. The molecule has 174 valence electrons. The van der Waals surface area contributed by atoms with Crippen LogP contribution in [-0.2, 0) is 0 Å². The van der Waals surface area contributed by atoms with Crippen LogP contribution in [0, 0.1) is 0 Å². The van der Waals surface area contributed by atoms with Crippen molar-refractivity contribution >= 4 is 40.6 Å². The van der Waals surface area contributed by atoms with Crippen LogP contribution in [0.25, 0.3) is 0 Å². The number of carbonyl (C=O) groups is 1. The van der Waals surface area contributed by atoms with Crippen LogP contribution in [0.4, 0.5) is 22.7 Å². The summed E-state index contributed by atoms with van der Waals surface area (Å²) < 4.78 is 9.16. The molecule has 1 N–H and O–H groups in total. The smallest absolute Gasteiger partial charge is 0.263 e. The maximum atomic E-state index is 13.4. The van der Waals surface area contributed by atoms with Crippen LogP contribution in [0.5, 0.6) is 11.5 Å². The van der Waals surface area contributed by atoms with E-state index in [0.29, 0.717) is 17.1 Å². The number of hydrogen-bond acceptors (Lipinski definition) is 6. The van der Waals surface area contributed by atoms with Crippen molar-refractivity contribution in [3.63, 3.8) is 0 Å². The van der Waals surface area contributed by atoms with Crippen molar-refractivity contribution in [2.24, 2.45) is 0 Å². The first-order valence-electron chi connectivity index (χ1n) is 10.9. The van der Waals surface area contributed by atoms with Gasteiger partial charge in [0.15, 0.2) is 11.5 Å². The molecular formula is C27H28N4O2S. The zero-order valence-electron chi connectivity index (χ0n) is 19.7. The zero-order valence-corrected chi connectivity index (χ0v) is 20.5. The first-order chi connectivity index (χ1) is 16.5. The molecule has 0 fully saturated rings. The third kappa shape index (κ3) is 5.05. The van der Waals surface area contributed by atoms with E-state index >= 15 is 0 Å². The molecular weight excluding hydrogens is 444 g/mol. The minimum Gasteiger partial charge on any atom is -0.453 e. The van der Waals surface area contributed by atoms with Gasteiger partial charge in [0, 0.05) is 63.5 Å². The SMILES string of the molecule is C1=CNSC=C1.CN(C)c1ccc2c(c1)Oc1cc(N(C)C)ccc1N2C(=O)c1ccccc1. The van der Waals surface area contributed by atoms with Crippen LogP contribution in [-0.4, -0.2) is 34.1 Å². The van der Waals surface area contributed by atoms with Gasteiger partial charge in [0.1, 0.15) is 0 Å². The summed E-state index contributed by atoms with van der Waals surface area (Å²) in [6, 6.07) is 21.1. The number of ether oxygens (including phenoxy) is 1. The van der Waals surface area contributed by atoms with E-state index in [1.165, 1.54) is 0 Å². The minimum atomic E-state index is -0.0818. The molecule has 6 nitrogen and oxygen atoms in total. The molecule has 0 saturated heterocycles. The fraction of sp³-hybridized carbons (Fsp3) is 0.148. The average Bonchev–Trinajstić information content (AvgIpc) is 2.88. The van der Waals surface area contributed by atoms with Crippen molar-refractivity contribution in [1.82, 2.24) is 4.72 Å². The van der Waals surface area contributed by atoms with Gasteiger partial charge in [-0.2, -0.15) is 0 Å². The standard InChI is InChI=1S/C23H23N3O2.C4H5NS/c1-24(2)17-10-12-19-21(14-17)28-22-15-18(25(3)4)11-13-20(22)26(19)23(27)16-8-6-5-7-9-16;1-2-4-6-5-3-1/h5-15H,1-4H3;1-5H. The van der Waals surface area contributed by atoms with Crippen molar-refractivity contribution in [1.29, 1.82) is 0 Å². The molecule has 34 heavy (non-hydrogen) atoms. The molecule has 3 aromatic rings. The zero-order chi connectivity index (χ0) is 24.1. The molecule has 0 radical (unpaired) electrons. The van der Waals surface area contributed by atoms with E-state index in [9.17, 15) is 4.79 Å². The summed E-state index contributed by atoms with van der Waals surface area (Å²) in [4.78, 5) is 19.2. The van der Waals surface area contributed by atoms with Gasteiger partial charge in [0.05, 0.1) is 11.4 Å². The predicted molar refractivity (Wildman–Crippen MR) is 144 cm³/mol. The third-order valence-electron chi connectivity index (χ3n) is 5.34. The van der Waals surface area contributed by atoms with E-state index in [1.807, 2.05) is 128 Å². The molecule has 2 heterocycles. The number of allylic oxidation sites excluding steroid dienone is 2. The molecule has 1 amide bonds. The lowest BCUT2D eigenvalue weighted by Crippen LogP contribution is -2.29. The number of fused-ring (bicyclic) bond motifs is 2. The van der Waals surface area contributed by atoms with Gasteiger partial charge >= 0.3 is 0 Å². The molecule has 3 aromatic carbocycles. The summed E-state index contributed by atoms with van der Waals surface area (Å²) in [6.45, 7) is 0. The summed E-state index contributed by atoms with van der Waals surface area (Å²) in [6.07, 6.45) is 5.84. The van der Waals surface area contributed by atoms with Gasteiger partial charge in [-0.1, -0.05) is 24.3 Å². The lowest BCUT2D eigenvalue weighted by molar-refractivity contribution is 0.0997. The normalized spacial score (nSPS) is 12.9. The van der Waals surface area contributed by atoms with Crippen molar-refractivity contribution < 1.29 is 9.53 Å². The molecule has 5 rings (SSSR count). The van der Waals surface area contributed by atoms with Gasteiger partial charge in [0.2, 0.25) is 0 Å². The number of nitrogens with zero attached hydrogens (tertiary/aromatic N) is 3. The first kappa shape index (κ1) is 23.3. The molecule has 2 aliphatic heterocycles. The van der Waals surface area contributed by atoms with Gasteiger partial charge in [-0.15, -0.1) is 0 Å². The van der Waals surface area contributed by atoms with E-state index in [0.717, 1.165) is 22.7 Å². The van der Waals surface area contributed by atoms with E-state index in [4.69, 9.17) is 4.74 Å². The second-order valence-electron chi connectivity index (χ2n) is 8.12. The largest absolute Gasteiger partial charge is 0.453 e. The Kier molecular flexibility index (Phi) is 7.13. The molecule has 0 unspecified atom stereocenters. The van der Waals surface area contributed by atoms with Crippen LogP contribution < -0.4 is 24.2 Å². The Morgan fingerprint density at radius 2 is 1.41 bits per heavy atom. The molecule has 2 aliphatic rings. The lowest BCUT2D eigenvalue weighted by Gasteiger charge is -2.32. The fourth-order valence-corrected chi connectivity index (χ4v) is 3.93. The van der Waals surface area contributed by atoms with Crippen LogP contribution in [0.15, 0.2) is 90.5 Å². The van der Waals surface area contributed by atoms with Crippen molar-refractivity contribution in [2.45, 2.75) is 0 Å². The molecule has 0 bridgehead atoms. The van der Waals surface area contributed by atoms with E-state index in [-0.39, 0.29) is 5.91 Å². The summed E-state index contributed by atoms with van der Waals surface area (Å²) >= 11 is 1.58. The summed E-state index contributed by atoms with van der Waals surface area (Å²) in [5.41, 5.74) is 4.14. The maximum absolute atomic E-state index is 13.4. The van der Waals surface area contributed by atoms with E-state index < -0.39 is 0 Å². The van der Waals surface area contributed by atoms with Crippen LogP contribution >= 0.6 is 11.9 Å². The topological polar surface area (TPSA) is 48.1 Å². The second kappa shape index (κ2) is 10.4. The number of benzene rings is 3. The van der Waals surface area contributed by atoms with Crippen molar-refractivity contribution in [2.75, 3.05) is 42.9 Å². The number of hydrogen-bond donors (Lipinski definition) is 1. The first-order valence-corrected chi connectivity index (χ1v) is 11.8. The summed E-state index contributed by atoms with van der Waals surface area (Å²) in [7, 11) is 7.93. The molecule has 0 aliphatic carbocycles. The van der Waals surface area contributed by atoms with Gasteiger partial charge in [0.25, 0.3) is 5.91 Å². The molecule has 7 heteroatoms. The van der Waals surface area contributed by atoms with Gasteiger partial charge in [-0.05, 0) is 59.8 Å². The fourth-order valence-electron chi connectivity index (χ4n) is 3.53. The van der Waals surface area contributed by atoms with Gasteiger partial charge in [-0.25, -0.2) is 0 Å². The highest BCUT2D eigenvalue weighted by Gasteiger charge is 2.30. The van der Waals surface area contributed by atoms with E-state index in [2.05, 4.69) is 4.72 Å². The number of rotatable bonds is 3. The predicted octanol–water partition coefficient (Wildman–Crippen LogP) is 6.17. The number of nitrogens with one attached hydrogen (secondary N) is 1. The third-order valence-corrected chi connectivity index (χ3v) is 5.90. The second-order valence-corrected chi connectivity index (χ2v) is 8.87. The average molecular weight is 473 g/mol. The lowest BCUT2D eigenvalue weighted by atomic mass is 10.1. The highest BCUT2D eigenvalue weighted by molar-refractivity contribution is 8.00. The molecule has 0 saturated carbocycles. The Morgan fingerprint density at radius 3 is 1.82 bits per heavy atom. The number of carbonyl (C=O) groups excluding carboxylic acids is 1. The number of amides is 1. The molecule has 0 atom stereocenters. The number of anilines is 4. The maximum Gasteiger partial charge on any atom is 0.263 e. The molecule has 0 spiro atoms. The van der Waals surface area contributed by atoms with Gasteiger partial charge < -0.3 is 19.3 Å². The summed E-state index contributed by atoms with van der Waals surface area (Å²) in [5.74, 6) is 1.25. The monoisotopic (exact) mass is 472 g/mol. The van der Waals surface area contributed by atoms with Crippen LogP contribution in [0.1, 0.15) is 10.4 Å². The Balaban J connectivity index is 0.000000398. The Labute approximate surface area is 205 Å². The minimum absolute atomic E-state index is 0.0818.